The largest absolute Gasteiger partial charge is 0.376 e. The van der Waals surface area contributed by atoms with Gasteiger partial charge < -0.3 is 10.6 Å². The molecule has 150 valence electrons. The zero-order valence-corrected chi connectivity index (χ0v) is 16.2. The van der Waals surface area contributed by atoms with Crippen molar-refractivity contribution in [2.75, 3.05) is 31.3 Å². The normalized spacial score (nSPS) is 11.3. The van der Waals surface area contributed by atoms with Gasteiger partial charge in [-0.25, -0.2) is 12.7 Å². The monoisotopic (exact) mass is 410 g/mol. The fourth-order valence-electron chi connectivity index (χ4n) is 2.30. The van der Waals surface area contributed by atoms with Gasteiger partial charge in [0.05, 0.1) is 16.4 Å². The van der Waals surface area contributed by atoms with Crippen LogP contribution in [-0.4, -0.2) is 44.2 Å². The van der Waals surface area contributed by atoms with E-state index in [1.165, 1.54) is 26.2 Å². The first kappa shape index (κ1) is 21.3. The number of carbonyl (C=O) groups is 1. The minimum atomic E-state index is -3.67. The summed E-state index contributed by atoms with van der Waals surface area (Å²) in [4.78, 5) is 22.1. The molecule has 0 unspecified atom stereocenters. The maximum Gasteiger partial charge on any atom is 0.306 e. The zero-order valence-electron chi connectivity index (χ0n) is 15.4. The topological polar surface area (TPSA) is 122 Å². The molecule has 0 saturated heterocycles. The molecule has 2 rings (SSSR count). The molecule has 2 N–H and O–H groups in total. The minimum Gasteiger partial charge on any atom is -0.376 e. The van der Waals surface area contributed by atoms with Gasteiger partial charge in [0.25, 0.3) is 0 Å². The summed E-state index contributed by atoms with van der Waals surface area (Å²) in [6.07, 6.45) is 0. The van der Waals surface area contributed by atoms with Crippen molar-refractivity contribution in [3.63, 3.8) is 0 Å². The van der Waals surface area contributed by atoms with Gasteiger partial charge in [0, 0.05) is 31.5 Å². The van der Waals surface area contributed by atoms with Crippen molar-refractivity contribution in [3.05, 3.63) is 57.9 Å². The highest BCUT2D eigenvalue weighted by Gasteiger charge is 2.20. The van der Waals surface area contributed by atoms with Gasteiger partial charge in [-0.2, -0.15) is 4.39 Å². The van der Waals surface area contributed by atoms with E-state index >= 15 is 0 Å². The lowest BCUT2D eigenvalue weighted by molar-refractivity contribution is -0.387. The molecule has 0 saturated carbocycles. The smallest absolute Gasteiger partial charge is 0.306 e. The summed E-state index contributed by atoms with van der Waals surface area (Å²) in [5.74, 6) is -1.49. The number of benzene rings is 2. The maximum atomic E-state index is 13.3. The Morgan fingerprint density at radius 1 is 1.18 bits per heavy atom. The number of amides is 1. The van der Waals surface area contributed by atoms with Crippen LogP contribution < -0.4 is 10.6 Å². The van der Waals surface area contributed by atoms with Gasteiger partial charge in [-0.15, -0.1) is 0 Å². The second kappa shape index (κ2) is 8.31. The van der Waals surface area contributed by atoms with Crippen molar-refractivity contribution in [1.82, 2.24) is 4.31 Å². The van der Waals surface area contributed by atoms with E-state index in [1.807, 2.05) is 0 Å². The number of nitrogens with zero attached hydrogens (tertiary/aromatic N) is 2. The van der Waals surface area contributed by atoms with Gasteiger partial charge in [-0.05, 0) is 36.8 Å². The van der Waals surface area contributed by atoms with Crippen LogP contribution in [0, 0.1) is 22.9 Å². The molecule has 0 aromatic heterocycles. The second-order valence-electron chi connectivity index (χ2n) is 6.09. The lowest BCUT2D eigenvalue weighted by atomic mass is 10.2. The molecule has 28 heavy (non-hydrogen) atoms. The number of anilines is 2. The summed E-state index contributed by atoms with van der Waals surface area (Å²) < 4.78 is 39.1. The summed E-state index contributed by atoms with van der Waals surface area (Å²) >= 11 is 0. The van der Waals surface area contributed by atoms with E-state index in [0.717, 1.165) is 16.4 Å². The number of sulfonamides is 1. The van der Waals surface area contributed by atoms with Crippen molar-refractivity contribution >= 4 is 33.0 Å². The Bertz CT molecular complexity index is 1020. The quantitative estimate of drug-likeness (QED) is 0.534. The number of halogens is 1. The molecule has 9 nitrogen and oxygen atoms in total. The van der Waals surface area contributed by atoms with E-state index in [-0.39, 0.29) is 22.8 Å². The van der Waals surface area contributed by atoms with E-state index in [2.05, 4.69) is 10.6 Å². The number of rotatable bonds is 7. The molecule has 0 radical (unpaired) electrons. The van der Waals surface area contributed by atoms with Gasteiger partial charge in [0.2, 0.25) is 21.7 Å². The lowest BCUT2D eigenvalue weighted by Crippen LogP contribution is -2.24. The molecule has 0 atom stereocenters. The Balaban J connectivity index is 2.10. The fraction of sp³-hybridized carbons (Fsp3) is 0.235. The number of nitro groups is 1. The molecule has 2 aromatic carbocycles. The molecule has 0 aliphatic rings. The van der Waals surface area contributed by atoms with E-state index in [1.54, 1.807) is 19.1 Å². The molecule has 0 aliphatic carbocycles. The predicted octanol–water partition coefficient (Wildman–Crippen LogP) is 2.34. The van der Waals surface area contributed by atoms with Crippen LogP contribution in [0.3, 0.4) is 0 Å². The number of hydrogen-bond donors (Lipinski definition) is 2. The van der Waals surface area contributed by atoms with Crippen LogP contribution >= 0.6 is 0 Å². The number of nitro benzene ring substituents is 1. The van der Waals surface area contributed by atoms with Crippen LogP contribution in [0.25, 0.3) is 0 Å². The highest BCUT2D eigenvalue weighted by Crippen LogP contribution is 2.23. The standard InChI is InChI=1S/C17H19FN4O5S/c1-11-4-5-13(9-16(11)28(26,27)21(2)3)20-17(23)10-19-12-6-7-14(18)15(8-12)22(24)25/h4-9,19H,10H2,1-3H3,(H,20,23). The molecule has 0 fully saturated rings. The van der Waals surface area contributed by atoms with Crippen molar-refractivity contribution in [3.8, 4) is 0 Å². The molecule has 0 bridgehead atoms. The molecule has 2 aromatic rings. The maximum absolute atomic E-state index is 13.3. The number of aryl methyl sites for hydroxylation is 1. The Morgan fingerprint density at radius 2 is 1.82 bits per heavy atom. The van der Waals surface area contributed by atoms with Gasteiger partial charge in [-0.1, -0.05) is 6.07 Å². The SMILES string of the molecule is Cc1ccc(NC(=O)CNc2ccc(F)c([N+](=O)[O-])c2)cc1S(=O)(=O)N(C)C. The Hall–Kier alpha value is -3.05. The van der Waals surface area contributed by atoms with E-state index < -0.39 is 32.4 Å². The van der Waals surface area contributed by atoms with Crippen LogP contribution in [0.1, 0.15) is 5.56 Å². The number of nitrogens with one attached hydrogen (secondary N) is 2. The fourth-order valence-corrected chi connectivity index (χ4v) is 3.45. The van der Waals surface area contributed by atoms with E-state index in [4.69, 9.17) is 0 Å². The summed E-state index contributed by atoms with van der Waals surface area (Å²) in [6, 6.07) is 7.66. The molecule has 1 amide bonds. The molecule has 0 heterocycles. The molecule has 0 spiro atoms. The van der Waals surface area contributed by atoms with Crippen molar-refractivity contribution in [2.45, 2.75) is 11.8 Å². The average Bonchev–Trinajstić information content (AvgIpc) is 2.62. The molecule has 11 heteroatoms. The lowest BCUT2D eigenvalue weighted by Gasteiger charge is -2.15. The first-order valence-electron chi connectivity index (χ1n) is 8.03. The highest BCUT2D eigenvalue weighted by atomic mass is 32.2. The minimum absolute atomic E-state index is 0.0671. The highest BCUT2D eigenvalue weighted by molar-refractivity contribution is 7.89. The molecule has 0 aliphatic heterocycles. The first-order valence-corrected chi connectivity index (χ1v) is 9.47. The summed E-state index contributed by atoms with van der Waals surface area (Å²) in [5, 5.41) is 15.9. The summed E-state index contributed by atoms with van der Waals surface area (Å²) in [6.45, 7) is 1.39. The number of hydrogen-bond acceptors (Lipinski definition) is 6. The van der Waals surface area contributed by atoms with E-state index in [0.29, 0.717) is 5.56 Å². The summed E-state index contributed by atoms with van der Waals surface area (Å²) in [7, 11) is -0.854. The average molecular weight is 410 g/mol. The Labute approximate surface area is 161 Å². The van der Waals surface area contributed by atoms with Gasteiger partial charge in [0.15, 0.2) is 0 Å². The Kier molecular flexibility index (Phi) is 6.31. The second-order valence-corrected chi connectivity index (χ2v) is 8.21. The van der Waals surface area contributed by atoms with Gasteiger partial charge in [0.1, 0.15) is 0 Å². The third-order valence-corrected chi connectivity index (χ3v) is 5.78. The van der Waals surface area contributed by atoms with Gasteiger partial charge >= 0.3 is 5.69 Å². The van der Waals surface area contributed by atoms with Crippen LogP contribution in [0.5, 0.6) is 0 Å². The van der Waals surface area contributed by atoms with Crippen LogP contribution in [0.2, 0.25) is 0 Å². The molecular formula is C17H19FN4O5S. The van der Waals surface area contributed by atoms with Gasteiger partial charge in [-0.3, -0.25) is 14.9 Å². The predicted molar refractivity (Wildman–Crippen MR) is 102 cm³/mol. The molecular weight excluding hydrogens is 391 g/mol. The van der Waals surface area contributed by atoms with Crippen LogP contribution in [0.15, 0.2) is 41.3 Å². The zero-order chi connectivity index (χ0) is 21.1. The van der Waals surface area contributed by atoms with Crippen molar-refractivity contribution in [1.29, 1.82) is 0 Å². The van der Waals surface area contributed by atoms with Crippen molar-refractivity contribution in [2.24, 2.45) is 0 Å². The number of carbonyl (C=O) groups excluding carboxylic acids is 1. The van der Waals surface area contributed by atoms with Crippen molar-refractivity contribution < 1.29 is 22.5 Å². The third-order valence-electron chi connectivity index (χ3n) is 3.83. The summed E-state index contributed by atoms with van der Waals surface area (Å²) in [5.41, 5.74) is 0.303. The van der Waals surface area contributed by atoms with Crippen LogP contribution in [-0.2, 0) is 14.8 Å². The first-order chi connectivity index (χ1) is 13.0. The third kappa shape index (κ3) is 4.81. The van der Waals surface area contributed by atoms with Crippen LogP contribution in [0.4, 0.5) is 21.5 Å². The van der Waals surface area contributed by atoms with E-state index in [9.17, 15) is 27.7 Å². The Morgan fingerprint density at radius 3 is 2.43 bits per heavy atom.